The van der Waals surface area contributed by atoms with Crippen LogP contribution in [0.1, 0.15) is 39.9 Å². The molecule has 0 fully saturated rings. The van der Waals surface area contributed by atoms with Gasteiger partial charge >= 0.3 is 10.1 Å². The minimum atomic E-state index is -3.88. The third-order valence-electron chi connectivity index (χ3n) is 4.19. The van der Waals surface area contributed by atoms with Gasteiger partial charge in [-0.3, -0.25) is 4.79 Å². The van der Waals surface area contributed by atoms with Crippen LogP contribution in [0.2, 0.25) is 0 Å². The van der Waals surface area contributed by atoms with Crippen molar-refractivity contribution in [3.8, 4) is 5.75 Å². The zero-order valence-corrected chi connectivity index (χ0v) is 13.9. The summed E-state index contributed by atoms with van der Waals surface area (Å²) in [6, 6.07) is 9.76. The second-order valence-corrected chi connectivity index (χ2v) is 7.39. The molecule has 0 aromatic heterocycles. The second-order valence-electron chi connectivity index (χ2n) is 5.84. The Morgan fingerprint density at radius 2 is 1.65 bits per heavy atom. The molecule has 3 rings (SSSR count). The first-order chi connectivity index (χ1) is 10.9. The van der Waals surface area contributed by atoms with E-state index in [9.17, 15) is 13.2 Å². The van der Waals surface area contributed by atoms with Gasteiger partial charge in [0.05, 0.1) is 0 Å². The number of fused-ring (bicyclic) bond motifs is 1. The summed E-state index contributed by atoms with van der Waals surface area (Å²) in [5.41, 5.74) is 3.30. The van der Waals surface area contributed by atoms with Gasteiger partial charge in [-0.1, -0.05) is 17.7 Å². The zero-order chi connectivity index (χ0) is 16.6. The van der Waals surface area contributed by atoms with Crippen molar-refractivity contribution in [2.24, 2.45) is 0 Å². The fraction of sp³-hybridized carbons (Fsp3) is 0.278. The average Bonchev–Trinajstić information content (AvgIpc) is 2.51. The van der Waals surface area contributed by atoms with Crippen molar-refractivity contribution < 1.29 is 17.4 Å². The Labute approximate surface area is 136 Å². The summed E-state index contributed by atoms with van der Waals surface area (Å²) in [5.74, 6) is 0.404. The van der Waals surface area contributed by atoms with E-state index in [0.29, 0.717) is 17.7 Å². The number of Topliss-reactive ketones (excluding diaryl/α,β-unsaturated/α-hetero) is 1. The maximum absolute atomic E-state index is 12.4. The Kier molecular flexibility index (Phi) is 3.98. The highest BCUT2D eigenvalue weighted by atomic mass is 32.2. The summed E-state index contributed by atoms with van der Waals surface area (Å²) in [6.07, 6.45) is 2.11. The van der Waals surface area contributed by atoms with E-state index in [0.717, 1.165) is 29.5 Å². The molecule has 120 valence electrons. The molecule has 23 heavy (non-hydrogen) atoms. The van der Waals surface area contributed by atoms with Gasteiger partial charge in [-0.25, -0.2) is 0 Å². The Morgan fingerprint density at radius 1 is 0.957 bits per heavy atom. The average molecular weight is 330 g/mol. The Bertz CT molecular complexity index is 865. The number of hydrogen-bond donors (Lipinski definition) is 0. The predicted octanol–water partition coefficient (Wildman–Crippen LogP) is 3.59. The lowest BCUT2D eigenvalue weighted by Gasteiger charge is -2.19. The van der Waals surface area contributed by atoms with E-state index in [-0.39, 0.29) is 10.7 Å². The first-order valence-electron chi connectivity index (χ1n) is 7.55. The maximum Gasteiger partial charge on any atom is 0.339 e. The third kappa shape index (κ3) is 3.01. The third-order valence-corrected chi connectivity index (χ3v) is 5.44. The molecule has 1 aliphatic rings. The number of ketones is 1. The first-order valence-corrected chi connectivity index (χ1v) is 8.96. The van der Waals surface area contributed by atoms with Crippen molar-refractivity contribution in [1.29, 1.82) is 0 Å². The van der Waals surface area contributed by atoms with E-state index in [1.165, 1.54) is 12.1 Å². The highest BCUT2D eigenvalue weighted by molar-refractivity contribution is 7.87. The number of carbonyl (C=O) groups is 1. The van der Waals surface area contributed by atoms with E-state index in [4.69, 9.17) is 4.18 Å². The fourth-order valence-corrected chi connectivity index (χ4v) is 3.82. The van der Waals surface area contributed by atoms with Gasteiger partial charge in [0.1, 0.15) is 10.6 Å². The molecule has 5 heteroatoms. The molecule has 0 heterocycles. The molecule has 0 saturated heterocycles. The van der Waals surface area contributed by atoms with E-state index in [1.54, 1.807) is 31.2 Å². The lowest BCUT2D eigenvalue weighted by molar-refractivity contribution is 0.0972. The van der Waals surface area contributed by atoms with E-state index in [1.807, 2.05) is 6.92 Å². The van der Waals surface area contributed by atoms with Crippen molar-refractivity contribution >= 4 is 15.9 Å². The van der Waals surface area contributed by atoms with Crippen LogP contribution < -0.4 is 4.18 Å². The van der Waals surface area contributed by atoms with Crippen LogP contribution in [-0.2, 0) is 16.5 Å². The Balaban J connectivity index is 1.97. The predicted molar refractivity (Wildman–Crippen MR) is 87.4 cm³/mol. The molecular formula is C18H18O4S. The topological polar surface area (TPSA) is 60.4 Å². The first kappa shape index (κ1) is 15.7. The summed E-state index contributed by atoms with van der Waals surface area (Å²) < 4.78 is 30.1. The minimum absolute atomic E-state index is 0.113. The van der Waals surface area contributed by atoms with Crippen molar-refractivity contribution in [3.05, 3.63) is 58.7 Å². The zero-order valence-electron chi connectivity index (χ0n) is 13.1. The van der Waals surface area contributed by atoms with Gasteiger partial charge < -0.3 is 4.18 Å². The number of rotatable bonds is 3. The summed E-state index contributed by atoms with van der Waals surface area (Å²) in [7, 11) is -3.88. The molecule has 0 unspecified atom stereocenters. The molecule has 0 atom stereocenters. The lowest BCUT2D eigenvalue weighted by Crippen LogP contribution is -2.15. The van der Waals surface area contributed by atoms with Gasteiger partial charge in [-0.2, -0.15) is 8.42 Å². The quantitative estimate of drug-likeness (QED) is 0.807. The maximum atomic E-state index is 12.4. The standard InChI is InChI=1S/C18H18O4S/c1-12-6-8-14(9-7-12)23(20,21)22-18-11-10-16-15(13(18)2)4-3-5-17(16)19/h6-11H,3-5H2,1-2H3. The number of aryl methyl sites for hydroxylation is 1. The van der Waals surface area contributed by atoms with Crippen LogP contribution in [0.25, 0.3) is 0 Å². The number of carbonyl (C=O) groups excluding carboxylic acids is 1. The molecule has 0 saturated carbocycles. The normalized spacial score (nSPS) is 14.4. The van der Waals surface area contributed by atoms with E-state index >= 15 is 0 Å². The lowest BCUT2D eigenvalue weighted by atomic mass is 9.87. The molecule has 0 bridgehead atoms. The minimum Gasteiger partial charge on any atom is -0.379 e. The van der Waals surface area contributed by atoms with Crippen LogP contribution in [0.3, 0.4) is 0 Å². The van der Waals surface area contributed by atoms with Crippen molar-refractivity contribution in [3.63, 3.8) is 0 Å². The largest absolute Gasteiger partial charge is 0.379 e. The highest BCUT2D eigenvalue weighted by Gasteiger charge is 2.23. The van der Waals surface area contributed by atoms with Crippen LogP contribution in [0.4, 0.5) is 0 Å². The second kappa shape index (κ2) is 5.81. The van der Waals surface area contributed by atoms with Gasteiger partial charge in [0.15, 0.2) is 5.78 Å². The van der Waals surface area contributed by atoms with Gasteiger partial charge in [0, 0.05) is 12.0 Å². The van der Waals surface area contributed by atoms with Gasteiger partial charge in [-0.05, 0) is 62.1 Å². The van der Waals surface area contributed by atoms with Crippen molar-refractivity contribution in [2.75, 3.05) is 0 Å². The Morgan fingerprint density at radius 3 is 2.35 bits per heavy atom. The molecular weight excluding hydrogens is 312 g/mol. The van der Waals surface area contributed by atoms with Crippen LogP contribution in [0.5, 0.6) is 5.75 Å². The van der Waals surface area contributed by atoms with Crippen molar-refractivity contribution in [2.45, 2.75) is 38.0 Å². The summed E-state index contributed by atoms with van der Waals surface area (Å²) in [6.45, 7) is 3.69. The van der Waals surface area contributed by atoms with Gasteiger partial charge in [0.2, 0.25) is 0 Å². The van der Waals surface area contributed by atoms with Gasteiger partial charge in [-0.15, -0.1) is 0 Å². The molecule has 0 amide bonds. The molecule has 4 nitrogen and oxygen atoms in total. The molecule has 2 aromatic rings. The smallest absolute Gasteiger partial charge is 0.339 e. The summed E-state index contributed by atoms with van der Waals surface area (Å²) >= 11 is 0. The van der Waals surface area contributed by atoms with E-state index in [2.05, 4.69) is 0 Å². The Hall–Kier alpha value is -2.14. The molecule has 0 N–H and O–H groups in total. The summed E-state index contributed by atoms with van der Waals surface area (Å²) in [5, 5.41) is 0. The summed E-state index contributed by atoms with van der Waals surface area (Å²) in [4.78, 5) is 12.1. The number of benzene rings is 2. The van der Waals surface area contributed by atoms with E-state index < -0.39 is 10.1 Å². The van der Waals surface area contributed by atoms with Crippen LogP contribution >= 0.6 is 0 Å². The SMILES string of the molecule is Cc1ccc(S(=O)(=O)Oc2ccc3c(c2C)CCCC3=O)cc1. The number of hydrogen-bond acceptors (Lipinski definition) is 4. The molecule has 0 radical (unpaired) electrons. The van der Waals surface area contributed by atoms with Crippen LogP contribution in [0.15, 0.2) is 41.3 Å². The highest BCUT2D eigenvalue weighted by Crippen LogP contribution is 2.32. The molecule has 0 aliphatic heterocycles. The molecule has 2 aromatic carbocycles. The van der Waals surface area contributed by atoms with Crippen LogP contribution in [-0.4, -0.2) is 14.2 Å². The molecule has 1 aliphatic carbocycles. The molecule has 0 spiro atoms. The fourth-order valence-electron chi connectivity index (χ4n) is 2.84. The van der Waals surface area contributed by atoms with Gasteiger partial charge in [0.25, 0.3) is 0 Å². The monoisotopic (exact) mass is 330 g/mol. The van der Waals surface area contributed by atoms with Crippen molar-refractivity contribution in [1.82, 2.24) is 0 Å². The van der Waals surface area contributed by atoms with Crippen LogP contribution in [0, 0.1) is 13.8 Å².